The Bertz CT molecular complexity index is 697. The molecule has 4 saturated carbocycles. The first-order valence-electron chi connectivity index (χ1n) is 9.65. The topological polar surface area (TPSA) is 21.3 Å². The van der Waals surface area contributed by atoms with Crippen LogP contribution in [0.3, 0.4) is 0 Å². The maximum atomic E-state index is 6.51. The maximum Gasteiger partial charge on any atom is 0.0691 e. The average Bonchev–Trinajstić information content (AvgIpc) is 2.58. The zero-order valence-electron chi connectivity index (χ0n) is 14.3. The van der Waals surface area contributed by atoms with E-state index in [0.717, 1.165) is 30.9 Å². The Morgan fingerprint density at radius 2 is 1.54 bits per heavy atom. The lowest BCUT2D eigenvalue weighted by molar-refractivity contribution is -0.159. The Morgan fingerprint density at radius 3 is 2.29 bits per heavy atom. The molecular formula is C22H27NO. The average molecular weight is 321 g/mol. The third kappa shape index (κ3) is 2.61. The van der Waals surface area contributed by atoms with Crippen LogP contribution in [0.2, 0.25) is 0 Å². The molecule has 4 fully saturated rings. The second kappa shape index (κ2) is 5.77. The van der Waals surface area contributed by atoms with Crippen molar-refractivity contribution < 1.29 is 4.74 Å². The van der Waals surface area contributed by atoms with Crippen LogP contribution < -0.4 is 5.32 Å². The predicted molar refractivity (Wildman–Crippen MR) is 99.3 cm³/mol. The van der Waals surface area contributed by atoms with Gasteiger partial charge >= 0.3 is 0 Å². The molecule has 2 aromatic rings. The molecular weight excluding hydrogens is 294 g/mol. The van der Waals surface area contributed by atoms with Gasteiger partial charge < -0.3 is 10.1 Å². The fourth-order valence-corrected chi connectivity index (χ4v) is 6.04. The van der Waals surface area contributed by atoms with E-state index in [4.69, 9.17) is 4.74 Å². The second-order valence-electron chi connectivity index (χ2n) is 8.40. The molecule has 4 aliphatic carbocycles. The van der Waals surface area contributed by atoms with E-state index in [9.17, 15) is 0 Å². The molecule has 2 aromatic carbocycles. The van der Waals surface area contributed by atoms with E-state index < -0.39 is 0 Å². The molecule has 4 aliphatic rings. The van der Waals surface area contributed by atoms with Gasteiger partial charge in [0.05, 0.1) is 12.2 Å². The van der Waals surface area contributed by atoms with Crippen LogP contribution in [0.15, 0.2) is 42.5 Å². The number of ether oxygens (including phenoxy) is 1. The van der Waals surface area contributed by atoms with Gasteiger partial charge in [-0.15, -0.1) is 0 Å². The van der Waals surface area contributed by atoms with Gasteiger partial charge in [-0.2, -0.15) is 0 Å². The zero-order valence-corrected chi connectivity index (χ0v) is 14.3. The van der Waals surface area contributed by atoms with Crippen molar-refractivity contribution in [1.29, 1.82) is 0 Å². The number of rotatable bonds is 5. The van der Waals surface area contributed by atoms with Crippen molar-refractivity contribution in [3.63, 3.8) is 0 Å². The highest BCUT2D eigenvalue weighted by molar-refractivity contribution is 5.93. The van der Waals surface area contributed by atoms with E-state index in [2.05, 4.69) is 47.8 Å². The van der Waals surface area contributed by atoms with Crippen molar-refractivity contribution >= 4 is 16.5 Å². The van der Waals surface area contributed by atoms with Crippen molar-refractivity contribution in [2.45, 2.75) is 44.1 Å². The van der Waals surface area contributed by atoms with Crippen LogP contribution in [0.25, 0.3) is 10.8 Å². The zero-order chi connectivity index (χ0) is 16.0. The molecule has 6 rings (SSSR count). The number of fused-ring (bicyclic) bond motifs is 1. The van der Waals surface area contributed by atoms with Gasteiger partial charge in [0.15, 0.2) is 0 Å². The molecule has 2 heteroatoms. The molecule has 0 aliphatic heterocycles. The van der Waals surface area contributed by atoms with Gasteiger partial charge in [0.25, 0.3) is 0 Å². The monoisotopic (exact) mass is 321 g/mol. The Morgan fingerprint density at radius 1 is 0.875 bits per heavy atom. The maximum absolute atomic E-state index is 6.51. The first-order valence-corrected chi connectivity index (χ1v) is 9.65. The summed E-state index contributed by atoms with van der Waals surface area (Å²) in [6, 6.07) is 15.1. The lowest BCUT2D eigenvalue weighted by Gasteiger charge is -2.56. The van der Waals surface area contributed by atoms with Gasteiger partial charge in [-0.1, -0.05) is 36.4 Å². The Kier molecular flexibility index (Phi) is 3.55. The van der Waals surface area contributed by atoms with E-state index in [1.807, 2.05) is 0 Å². The standard InChI is InChI=1S/C22H27NO/c1-2-6-20-19(4-1)5-3-7-21(20)23-8-9-24-22-13-16-10-17(14-22)12-18(11-16)15-22/h1-7,16-18,23H,8-15H2. The molecule has 24 heavy (non-hydrogen) atoms. The lowest BCUT2D eigenvalue weighted by atomic mass is 9.54. The summed E-state index contributed by atoms with van der Waals surface area (Å²) >= 11 is 0. The molecule has 4 bridgehead atoms. The van der Waals surface area contributed by atoms with Crippen LogP contribution in [0.4, 0.5) is 5.69 Å². The number of benzene rings is 2. The highest BCUT2D eigenvalue weighted by atomic mass is 16.5. The summed E-state index contributed by atoms with van der Waals surface area (Å²) in [5, 5.41) is 6.19. The summed E-state index contributed by atoms with van der Waals surface area (Å²) in [4.78, 5) is 0. The Labute approximate surface area is 144 Å². The highest BCUT2D eigenvalue weighted by Gasteiger charge is 2.51. The number of hydrogen-bond donors (Lipinski definition) is 1. The van der Waals surface area contributed by atoms with Gasteiger partial charge in [-0.3, -0.25) is 0 Å². The van der Waals surface area contributed by atoms with Crippen molar-refractivity contribution in [3.05, 3.63) is 42.5 Å². The van der Waals surface area contributed by atoms with Crippen LogP contribution in [0, 0.1) is 17.8 Å². The SMILES string of the molecule is c1ccc2c(NCCOC34CC5CC(CC(C5)C3)C4)cccc2c1. The van der Waals surface area contributed by atoms with Crippen LogP contribution in [-0.4, -0.2) is 18.8 Å². The fourth-order valence-electron chi connectivity index (χ4n) is 6.04. The van der Waals surface area contributed by atoms with Crippen molar-refractivity contribution in [1.82, 2.24) is 0 Å². The van der Waals surface area contributed by atoms with Gasteiger partial charge in [0.2, 0.25) is 0 Å². The van der Waals surface area contributed by atoms with Crippen LogP contribution in [0.1, 0.15) is 38.5 Å². The van der Waals surface area contributed by atoms with Gasteiger partial charge in [-0.25, -0.2) is 0 Å². The minimum atomic E-state index is 0.231. The molecule has 0 unspecified atom stereocenters. The summed E-state index contributed by atoms with van der Waals surface area (Å²) < 4.78 is 6.51. The number of hydrogen-bond acceptors (Lipinski definition) is 2. The third-order valence-electron chi connectivity index (χ3n) is 6.60. The molecule has 126 valence electrons. The fraction of sp³-hybridized carbons (Fsp3) is 0.545. The van der Waals surface area contributed by atoms with E-state index in [1.165, 1.54) is 55.0 Å². The normalized spacial score (nSPS) is 33.9. The minimum Gasteiger partial charge on any atom is -0.382 e. The summed E-state index contributed by atoms with van der Waals surface area (Å²) in [7, 11) is 0. The Balaban J connectivity index is 1.21. The summed E-state index contributed by atoms with van der Waals surface area (Å²) in [5.41, 5.74) is 1.46. The largest absolute Gasteiger partial charge is 0.382 e. The molecule has 0 heterocycles. The van der Waals surface area contributed by atoms with Crippen LogP contribution in [-0.2, 0) is 4.74 Å². The van der Waals surface area contributed by atoms with Crippen molar-refractivity contribution in [2.75, 3.05) is 18.5 Å². The quantitative estimate of drug-likeness (QED) is 0.761. The number of anilines is 1. The lowest BCUT2D eigenvalue weighted by Crippen LogP contribution is -2.52. The van der Waals surface area contributed by atoms with Crippen molar-refractivity contribution in [2.24, 2.45) is 17.8 Å². The van der Waals surface area contributed by atoms with E-state index in [0.29, 0.717) is 0 Å². The van der Waals surface area contributed by atoms with E-state index in [-0.39, 0.29) is 5.60 Å². The summed E-state index contributed by atoms with van der Waals surface area (Å²) in [5.74, 6) is 2.88. The first-order chi connectivity index (χ1) is 11.8. The molecule has 0 radical (unpaired) electrons. The smallest absolute Gasteiger partial charge is 0.0691 e. The predicted octanol–water partition coefficient (Wildman–Crippen LogP) is 5.24. The molecule has 0 spiro atoms. The second-order valence-corrected chi connectivity index (χ2v) is 8.40. The van der Waals surface area contributed by atoms with E-state index in [1.54, 1.807) is 0 Å². The summed E-state index contributed by atoms with van der Waals surface area (Å²) in [6.07, 6.45) is 8.43. The van der Waals surface area contributed by atoms with Gasteiger partial charge in [0.1, 0.15) is 0 Å². The van der Waals surface area contributed by atoms with Crippen molar-refractivity contribution in [3.8, 4) is 0 Å². The summed E-state index contributed by atoms with van der Waals surface area (Å²) in [6.45, 7) is 1.73. The molecule has 0 aromatic heterocycles. The molecule has 0 atom stereocenters. The number of nitrogens with one attached hydrogen (secondary N) is 1. The first kappa shape index (κ1) is 14.8. The molecule has 0 saturated heterocycles. The van der Waals surface area contributed by atoms with Crippen LogP contribution >= 0.6 is 0 Å². The molecule has 0 amide bonds. The molecule has 2 nitrogen and oxygen atoms in total. The highest BCUT2D eigenvalue weighted by Crippen LogP contribution is 2.57. The van der Waals surface area contributed by atoms with Gasteiger partial charge in [-0.05, 0) is 67.7 Å². The molecule has 1 N–H and O–H groups in total. The van der Waals surface area contributed by atoms with Gasteiger partial charge in [0, 0.05) is 17.6 Å². The Hall–Kier alpha value is -1.54. The van der Waals surface area contributed by atoms with E-state index >= 15 is 0 Å². The third-order valence-corrected chi connectivity index (χ3v) is 6.60. The minimum absolute atomic E-state index is 0.231. The van der Waals surface area contributed by atoms with Crippen LogP contribution in [0.5, 0.6) is 0 Å².